The van der Waals surface area contributed by atoms with E-state index in [-0.39, 0.29) is 29.9 Å². The smallest absolute Gasteiger partial charge is 0.245 e. The lowest BCUT2D eigenvalue weighted by atomic mass is 9.91. The van der Waals surface area contributed by atoms with Gasteiger partial charge in [-0.25, -0.2) is 4.90 Å². The largest absolute Gasteiger partial charge is 0.379 e. The molecule has 0 aliphatic carbocycles. The zero-order valence-electron chi connectivity index (χ0n) is 18.8. The summed E-state index contributed by atoms with van der Waals surface area (Å²) in [4.78, 5) is 32.8. The van der Waals surface area contributed by atoms with Crippen LogP contribution < -0.4 is 5.32 Å². The van der Waals surface area contributed by atoms with Crippen molar-refractivity contribution in [2.24, 2.45) is 17.8 Å². The van der Waals surface area contributed by atoms with Gasteiger partial charge in [-0.2, -0.15) is 0 Å². The lowest BCUT2D eigenvalue weighted by Crippen LogP contribution is -2.66. The summed E-state index contributed by atoms with van der Waals surface area (Å²) in [7, 11) is 0. The normalized spacial score (nSPS) is 31.5. The summed E-state index contributed by atoms with van der Waals surface area (Å²) in [5.74, 6) is 1.06. The predicted molar refractivity (Wildman–Crippen MR) is 113 cm³/mol. The van der Waals surface area contributed by atoms with E-state index in [1.165, 1.54) is 0 Å². The van der Waals surface area contributed by atoms with E-state index >= 15 is 0 Å². The van der Waals surface area contributed by atoms with Crippen LogP contribution in [0.1, 0.15) is 60.3 Å². The van der Waals surface area contributed by atoms with Gasteiger partial charge in [0.25, 0.3) is 0 Å². The molecule has 0 bridgehead atoms. The Kier molecular flexibility index (Phi) is 7.23. The first-order chi connectivity index (χ1) is 13.8. The molecular formula is C22H40N4O3. The first kappa shape index (κ1) is 22.5. The number of piperidine rings is 1. The number of rotatable bonds is 7. The van der Waals surface area contributed by atoms with Crippen LogP contribution in [0.25, 0.3) is 0 Å². The van der Waals surface area contributed by atoms with Gasteiger partial charge in [0.1, 0.15) is 18.4 Å². The molecule has 29 heavy (non-hydrogen) atoms. The van der Waals surface area contributed by atoms with Gasteiger partial charge in [0.05, 0.1) is 12.6 Å². The Balaban J connectivity index is 1.91. The summed E-state index contributed by atoms with van der Waals surface area (Å²) in [5, 5.41) is 14.0. The second-order valence-corrected chi connectivity index (χ2v) is 9.72. The maximum atomic E-state index is 13.5. The summed E-state index contributed by atoms with van der Waals surface area (Å²) in [6.07, 6.45) is 2.76. The minimum atomic E-state index is -0.718. The molecule has 3 unspecified atom stereocenters. The molecule has 3 fully saturated rings. The molecule has 7 nitrogen and oxygen atoms in total. The monoisotopic (exact) mass is 408 g/mol. The number of hydrogen-bond acceptors (Lipinski definition) is 5. The Hall–Kier alpha value is -1.18. The molecule has 2 N–H and O–H groups in total. The number of amides is 2. The van der Waals surface area contributed by atoms with E-state index in [0.29, 0.717) is 24.8 Å². The van der Waals surface area contributed by atoms with Gasteiger partial charge in [-0.3, -0.25) is 9.59 Å². The third-order valence-electron chi connectivity index (χ3n) is 7.06. The lowest BCUT2D eigenvalue weighted by molar-refractivity contribution is -0.159. The molecule has 166 valence electrons. The van der Waals surface area contributed by atoms with Crippen LogP contribution in [-0.2, 0) is 9.59 Å². The van der Waals surface area contributed by atoms with Crippen molar-refractivity contribution in [3.63, 3.8) is 0 Å². The van der Waals surface area contributed by atoms with Crippen molar-refractivity contribution in [3.05, 3.63) is 0 Å². The molecule has 5 atom stereocenters. The summed E-state index contributed by atoms with van der Waals surface area (Å²) in [6.45, 7) is 13.4. The molecule has 3 aliphatic rings. The van der Waals surface area contributed by atoms with Crippen LogP contribution in [0, 0.1) is 17.8 Å². The van der Waals surface area contributed by atoms with Gasteiger partial charge in [0.2, 0.25) is 11.8 Å². The topological polar surface area (TPSA) is 76.1 Å². The summed E-state index contributed by atoms with van der Waals surface area (Å²) < 4.78 is 0. The molecule has 0 aromatic heterocycles. The highest BCUT2D eigenvalue weighted by atomic mass is 16.3. The number of aliphatic hydroxyl groups is 1. The van der Waals surface area contributed by atoms with Crippen molar-refractivity contribution < 1.29 is 14.7 Å². The fraction of sp³-hybridized carbons (Fsp3) is 0.909. The molecule has 3 heterocycles. The summed E-state index contributed by atoms with van der Waals surface area (Å²) in [6, 6.07) is -0.774. The SMILES string of the molecule is CCC(C)[C@H]1C(=O)N(CC2CCNCC2)CC2N1C(=O)[C@H](CC(C)C)N2C(C)O. The highest BCUT2D eigenvalue weighted by molar-refractivity contribution is 5.93. The third-order valence-corrected chi connectivity index (χ3v) is 7.06. The van der Waals surface area contributed by atoms with Crippen molar-refractivity contribution in [1.29, 1.82) is 0 Å². The van der Waals surface area contributed by atoms with Crippen molar-refractivity contribution in [2.75, 3.05) is 26.2 Å². The number of piperazine rings is 1. The van der Waals surface area contributed by atoms with E-state index in [2.05, 4.69) is 33.0 Å². The maximum Gasteiger partial charge on any atom is 0.245 e. The minimum absolute atomic E-state index is 0.0183. The minimum Gasteiger partial charge on any atom is -0.379 e. The van der Waals surface area contributed by atoms with Crippen LogP contribution in [0.5, 0.6) is 0 Å². The van der Waals surface area contributed by atoms with Gasteiger partial charge in [-0.05, 0) is 57.0 Å². The van der Waals surface area contributed by atoms with Gasteiger partial charge in [-0.15, -0.1) is 0 Å². The van der Waals surface area contributed by atoms with Crippen LogP contribution in [0.3, 0.4) is 0 Å². The number of fused-ring (bicyclic) bond motifs is 1. The molecule has 3 aliphatic heterocycles. The number of nitrogens with one attached hydrogen (secondary N) is 1. The Morgan fingerprint density at radius 2 is 1.76 bits per heavy atom. The van der Waals surface area contributed by atoms with Crippen LogP contribution in [-0.4, -0.2) is 82.3 Å². The molecular weight excluding hydrogens is 368 g/mol. The molecule has 0 aromatic rings. The zero-order chi connectivity index (χ0) is 21.3. The second-order valence-electron chi connectivity index (χ2n) is 9.72. The number of hydrogen-bond donors (Lipinski definition) is 2. The van der Waals surface area contributed by atoms with E-state index in [9.17, 15) is 14.7 Å². The Morgan fingerprint density at radius 1 is 1.10 bits per heavy atom. The van der Waals surface area contributed by atoms with E-state index in [1.54, 1.807) is 6.92 Å². The van der Waals surface area contributed by atoms with Crippen LogP contribution in [0.4, 0.5) is 0 Å². The average molecular weight is 409 g/mol. The first-order valence-corrected chi connectivity index (χ1v) is 11.5. The van der Waals surface area contributed by atoms with E-state index in [1.807, 2.05) is 14.7 Å². The molecule has 2 amide bonds. The maximum absolute atomic E-state index is 13.5. The van der Waals surface area contributed by atoms with Crippen LogP contribution in [0.2, 0.25) is 0 Å². The molecule has 0 radical (unpaired) electrons. The second kappa shape index (κ2) is 9.31. The first-order valence-electron chi connectivity index (χ1n) is 11.5. The molecule has 7 heteroatoms. The van der Waals surface area contributed by atoms with Crippen molar-refractivity contribution in [2.45, 2.75) is 84.8 Å². The standard InChI is InChI=1S/C22H40N4O3/c1-6-15(4)20-22(29)24(12-17-7-9-23-10-8-17)13-19-25(16(5)27)18(11-14(2)3)21(28)26(19)20/h14-20,23,27H,6-13H2,1-5H3/t15?,16?,18-,19?,20-/m0/s1. The number of carbonyl (C=O) groups excluding carboxylic acids is 2. The van der Waals surface area contributed by atoms with Gasteiger partial charge < -0.3 is 20.2 Å². The zero-order valence-corrected chi connectivity index (χ0v) is 18.8. The Bertz CT molecular complexity index is 591. The number of aliphatic hydroxyl groups excluding tert-OH is 1. The molecule has 3 rings (SSSR count). The quantitative estimate of drug-likeness (QED) is 0.667. The molecule has 0 saturated carbocycles. The summed E-state index contributed by atoms with van der Waals surface area (Å²) >= 11 is 0. The van der Waals surface area contributed by atoms with E-state index in [0.717, 1.165) is 38.9 Å². The van der Waals surface area contributed by atoms with Gasteiger partial charge in [-0.1, -0.05) is 34.1 Å². The third kappa shape index (κ3) is 4.47. The van der Waals surface area contributed by atoms with Gasteiger partial charge in [0, 0.05) is 6.54 Å². The Labute approximate surface area is 175 Å². The van der Waals surface area contributed by atoms with Crippen LogP contribution >= 0.6 is 0 Å². The Morgan fingerprint density at radius 3 is 2.31 bits per heavy atom. The average Bonchev–Trinajstić information content (AvgIpc) is 2.94. The van der Waals surface area contributed by atoms with Crippen LogP contribution in [0.15, 0.2) is 0 Å². The fourth-order valence-corrected chi connectivity index (χ4v) is 5.36. The van der Waals surface area contributed by atoms with Gasteiger partial charge >= 0.3 is 0 Å². The summed E-state index contributed by atoms with van der Waals surface area (Å²) in [5.41, 5.74) is 0. The highest BCUT2D eigenvalue weighted by Crippen LogP contribution is 2.36. The van der Waals surface area contributed by atoms with E-state index in [4.69, 9.17) is 0 Å². The molecule has 0 spiro atoms. The molecule has 0 aromatic carbocycles. The number of nitrogens with zero attached hydrogens (tertiary/aromatic N) is 3. The fourth-order valence-electron chi connectivity index (χ4n) is 5.36. The van der Waals surface area contributed by atoms with Crippen molar-refractivity contribution in [3.8, 4) is 0 Å². The number of carbonyl (C=O) groups is 2. The lowest BCUT2D eigenvalue weighted by Gasteiger charge is -2.47. The van der Waals surface area contributed by atoms with Gasteiger partial charge in [0.15, 0.2) is 0 Å². The molecule has 3 saturated heterocycles. The predicted octanol–water partition coefficient (Wildman–Crippen LogP) is 1.47. The van der Waals surface area contributed by atoms with E-state index < -0.39 is 12.3 Å². The van der Waals surface area contributed by atoms with Crippen molar-refractivity contribution >= 4 is 11.8 Å². The van der Waals surface area contributed by atoms with Crippen molar-refractivity contribution in [1.82, 2.24) is 20.0 Å². The highest BCUT2D eigenvalue weighted by Gasteiger charge is 2.56.